The summed E-state index contributed by atoms with van der Waals surface area (Å²) in [4.78, 5) is 6.23. The highest BCUT2D eigenvalue weighted by molar-refractivity contribution is 7.86. The number of benzene rings is 2. The fraction of sp³-hybridized carbons (Fsp3) is 0.423. The van der Waals surface area contributed by atoms with Crippen LogP contribution in [0.3, 0.4) is 0 Å². The number of methoxy groups -OCH3 is 1. The van der Waals surface area contributed by atoms with Crippen LogP contribution in [0.1, 0.15) is 51.1 Å². The molecule has 1 saturated carbocycles. The summed E-state index contributed by atoms with van der Waals surface area (Å²) in [7, 11) is -0.141. The Morgan fingerprint density at radius 3 is 2.71 bits per heavy atom. The Morgan fingerprint density at radius 1 is 1.23 bits per heavy atom. The molecule has 4 rings (SSSR count). The molecule has 0 saturated heterocycles. The molecule has 1 aromatic heterocycles. The lowest BCUT2D eigenvalue weighted by atomic mass is 9.85. The summed E-state index contributed by atoms with van der Waals surface area (Å²) in [5, 5.41) is 4.50. The van der Waals surface area contributed by atoms with E-state index in [4.69, 9.17) is 21.3 Å². The van der Waals surface area contributed by atoms with Crippen molar-refractivity contribution in [3.63, 3.8) is 0 Å². The summed E-state index contributed by atoms with van der Waals surface area (Å²) >= 11 is 7.36. The van der Waals surface area contributed by atoms with Gasteiger partial charge in [0, 0.05) is 11.7 Å². The summed E-state index contributed by atoms with van der Waals surface area (Å²) < 4.78 is 35.2. The van der Waals surface area contributed by atoms with Crippen molar-refractivity contribution >= 4 is 44.7 Å². The number of anilines is 2. The lowest BCUT2D eigenvalue weighted by molar-refractivity contribution is 0.328. The molecular formula is C26H31ClFN3O2S2. The third kappa shape index (κ3) is 6.54. The molecule has 1 heterocycles. The van der Waals surface area contributed by atoms with Gasteiger partial charge in [-0.2, -0.15) is 0 Å². The zero-order valence-electron chi connectivity index (χ0n) is 20.2. The smallest absolute Gasteiger partial charge is 0.183 e. The van der Waals surface area contributed by atoms with Gasteiger partial charge in [0.05, 0.1) is 22.7 Å². The molecule has 0 bridgehead atoms. The summed E-state index contributed by atoms with van der Waals surface area (Å²) in [6, 6.07) is 10.2. The fourth-order valence-corrected chi connectivity index (χ4v) is 6.81. The van der Waals surface area contributed by atoms with Gasteiger partial charge in [0.25, 0.3) is 0 Å². The van der Waals surface area contributed by atoms with Crippen molar-refractivity contribution in [1.82, 2.24) is 4.98 Å². The van der Waals surface area contributed by atoms with Gasteiger partial charge >= 0.3 is 0 Å². The Balaban J connectivity index is 1.51. The van der Waals surface area contributed by atoms with Gasteiger partial charge < -0.3 is 14.8 Å². The van der Waals surface area contributed by atoms with Crippen LogP contribution in [0.25, 0.3) is 10.4 Å². The number of hydrogen-bond donors (Lipinski definition) is 2. The first kappa shape index (κ1) is 25.9. The summed E-state index contributed by atoms with van der Waals surface area (Å²) in [5.41, 5.74) is 2.18. The van der Waals surface area contributed by atoms with Gasteiger partial charge in [-0.1, -0.05) is 55.0 Å². The molecule has 2 unspecified atom stereocenters. The summed E-state index contributed by atoms with van der Waals surface area (Å²) in [5.74, 6) is 0.704. The van der Waals surface area contributed by atoms with Crippen molar-refractivity contribution in [1.29, 1.82) is 0 Å². The first-order valence-electron chi connectivity index (χ1n) is 11.9. The maximum absolute atomic E-state index is 13.8. The molecule has 0 amide bonds. The molecule has 1 aliphatic carbocycles. The topological polar surface area (TPSA) is 63.2 Å². The second-order valence-corrected chi connectivity index (χ2v) is 11.7. The van der Waals surface area contributed by atoms with Crippen molar-refractivity contribution in [3.8, 4) is 16.2 Å². The van der Waals surface area contributed by atoms with E-state index in [2.05, 4.69) is 17.0 Å². The number of aromatic nitrogens is 1. The Labute approximate surface area is 218 Å². The van der Waals surface area contributed by atoms with Crippen molar-refractivity contribution in [2.75, 3.05) is 17.1 Å². The first-order valence-corrected chi connectivity index (χ1v) is 14.2. The van der Waals surface area contributed by atoms with Gasteiger partial charge in [-0.25, -0.2) is 13.6 Å². The Hall–Kier alpha value is -2.16. The number of thiazole rings is 1. The Bertz CT molecular complexity index is 1200. The van der Waals surface area contributed by atoms with Crippen LogP contribution in [-0.2, 0) is 11.0 Å². The summed E-state index contributed by atoms with van der Waals surface area (Å²) in [6.45, 7) is 4.21. The molecule has 0 spiro atoms. The molecule has 1 aliphatic rings. The average molecular weight is 536 g/mol. The van der Waals surface area contributed by atoms with Crippen LogP contribution < -0.4 is 14.8 Å². The Kier molecular flexibility index (Phi) is 8.68. The highest BCUT2D eigenvalue weighted by Gasteiger charge is 2.19. The van der Waals surface area contributed by atoms with Gasteiger partial charge in [0.1, 0.15) is 16.5 Å². The molecule has 1 fully saturated rings. The second-order valence-electron chi connectivity index (χ2n) is 9.08. The Morgan fingerprint density at radius 2 is 2.00 bits per heavy atom. The molecule has 0 aliphatic heterocycles. The predicted octanol–water partition coefficient (Wildman–Crippen LogP) is 7.83. The van der Waals surface area contributed by atoms with E-state index in [0.29, 0.717) is 22.4 Å². The zero-order chi connectivity index (χ0) is 24.9. The van der Waals surface area contributed by atoms with Crippen LogP contribution >= 0.6 is 22.9 Å². The number of ether oxygens (including phenoxy) is 1. The quantitative estimate of drug-likeness (QED) is 0.293. The lowest BCUT2D eigenvalue weighted by Gasteiger charge is -2.24. The SMILES string of the molecule is COc1ccc(-c2sc(NC(C)CC3CCCCC3)nc2C)cc1S(=O)Nc1ccc(Cl)c(F)c1. The standard InChI is InChI=1S/C26H31ClFN3O2S2/c1-16(13-18-7-5-4-6-8-18)29-26-30-17(2)25(34-26)19-9-12-23(33-3)24(14-19)35(32)31-20-10-11-21(27)22(28)15-20/h9-12,14-16,18,31H,4-8,13H2,1-3H3,(H,29,30). The number of aryl methyl sites for hydroxylation is 1. The minimum absolute atomic E-state index is 0.0130. The van der Waals surface area contributed by atoms with Crippen LogP contribution in [0.15, 0.2) is 41.3 Å². The molecule has 188 valence electrons. The second kappa shape index (κ2) is 11.7. The normalized spacial score (nSPS) is 16.0. The number of nitrogens with zero attached hydrogens (tertiary/aromatic N) is 1. The zero-order valence-corrected chi connectivity index (χ0v) is 22.6. The molecule has 5 nitrogen and oxygen atoms in total. The summed E-state index contributed by atoms with van der Waals surface area (Å²) in [6.07, 6.45) is 7.89. The molecule has 9 heteroatoms. The molecule has 3 aromatic rings. The molecule has 35 heavy (non-hydrogen) atoms. The van der Waals surface area contributed by atoms with E-state index in [1.165, 1.54) is 51.3 Å². The maximum Gasteiger partial charge on any atom is 0.183 e. The average Bonchev–Trinajstić information content (AvgIpc) is 3.21. The lowest BCUT2D eigenvalue weighted by Crippen LogP contribution is -2.20. The van der Waals surface area contributed by atoms with Crippen molar-refractivity contribution in [2.24, 2.45) is 5.92 Å². The van der Waals surface area contributed by atoms with Crippen LogP contribution in [-0.4, -0.2) is 22.3 Å². The number of rotatable bonds is 9. The van der Waals surface area contributed by atoms with Gasteiger partial charge in [-0.15, -0.1) is 0 Å². The van der Waals surface area contributed by atoms with E-state index >= 15 is 0 Å². The van der Waals surface area contributed by atoms with Crippen LogP contribution in [0.5, 0.6) is 5.75 Å². The maximum atomic E-state index is 13.8. The van der Waals surface area contributed by atoms with E-state index in [9.17, 15) is 8.60 Å². The molecular weight excluding hydrogens is 505 g/mol. The monoisotopic (exact) mass is 535 g/mol. The highest BCUT2D eigenvalue weighted by atomic mass is 35.5. The third-order valence-corrected chi connectivity index (χ3v) is 8.92. The van der Waals surface area contributed by atoms with Gasteiger partial charge in [-0.3, -0.25) is 0 Å². The highest BCUT2D eigenvalue weighted by Crippen LogP contribution is 2.37. The van der Waals surface area contributed by atoms with Crippen molar-refractivity contribution in [3.05, 3.63) is 52.9 Å². The molecule has 2 atom stereocenters. The third-order valence-electron chi connectivity index (χ3n) is 6.33. The fourth-order valence-electron chi connectivity index (χ4n) is 4.60. The van der Waals surface area contributed by atoms with Crippen LogP contribution in [0.2, 0.25) is 5.02 Å². The van der Waals surface area contributed by atoms with Crippen LogP contribution in [0.4, 0.5) is 15.2 Å². The van der Waals surface area contributed by atoms with Gasteiger partial charge in [-0.05, 0) is 68.1 Å². The van der Waals surface area contributed by atoms with Crippen molar-refractivity contribution in [2.45, 2.75) is 63.3 Å². The van der Waals surface area contributed by atoms with Crippen molar-refractivity contribution < 1.29 is 13.3 Å². The van der Waals surface area contributed by atoms with E-state index < -0.39 is 16.8 Å². The molecule has 2 aromatic carbocycles. The molecule has 2 N–H and O–H groups in total. The van der Waals surface area contributed by atoms with E-state index in [0.717, 1.165) is 33.6 Å². The minimum Gasteiger partial charge on any atom is -0.495 e. The van der Waals surface area contributed by atoms with E-state index in [1.807, 2.05) is 19.1 Å². The van der Waals surface area contributed by atoms with E-state index in [1.54, 1.807) is 23.5 Å². The predicted molar refractivity (Wildman–Crippen MR) is 145 cm³/mol. The first-order chi connectivity index (χ1) is 16.8. The minimum atomic E-state index is -1.67. The number of halogens is 2. The van der Waals surface area contributed by atoms with Gasteiger partial charge in [0.15, 0.2) is 16.1 Å². The molecule has 0 radical (unpaired) electrons. The van der Waals surface area contributed by atoms with Crippen LogP contribution in [0, 0.1) is 18.7 Å². The number of nitrogens with one attached hydrogen (secondary N) is 2. The largest absolute Gasteiger partial charge is 0.495 e. The van der Waals surface area contributed by atoms with Gasteiger partial charge in [0.2, 0.25) is 0 Å². The van der Waals surface area contributed by atoms with E-state index in [-0.39, 0.29) is 5.02 Å². The number of hydrogen-bond acceptors (Lipinski definition) is 5.